The van der Waals surface area contributed by atoms with Crippen molar-refractivity contribution in [1.82, 2.24) is 4.90 Å². The van der Waals surface area contributed by atoms with Gasteiger partial charge < -0.3 is 4.90 Å². The fraction of sp³-hybridized carbons (Fsp3) is 0.462. The lowest BCUT2D eigenvalue weighted by atomic mass is 9.96. The van der Waals surface area contributed by atoms with Crippen LogP contribution in [0.4, 0.5) is 8.78 Å². The highest BCUT2D eigenvalue weighted by Crippen LogP contribution is 2.23. The lowest BCUT2D eigenvalue weighted by molar-refractivity contribution is 0.0735. The van der Waals surface area contributed by atoms with E-state index in [2.05, 4.69) is 0 Å². The molecule has 0 heterocycles. The van der Waals surface area contributed by atoms with E-state index in [1.54, 1.807) is 0 Å². The van der Waals surface area contributed by atoms with Crippen molar-refractivity contribution in [3.05, 3.63) is 29.3 Å². The van der Waals surface area contributed by atoms with Gasteiger partial charge in [0.15, 0.2) is 5.82 Å². The zero-order chi connectivity index (χ0) is 16.6. The molecule has 1 aromatic carbocycles. The first-order valence-electron chi connectivity index (χ1n) is 6.11. The van der Waals surface area contributed by atoms with Gasteiger partial charge in [0.05, 0.1) is 0 Å². The summed E-state index contributed by atoms with van der Waals surface area (Å²) in [4.78, 5) is 12.4. The SMILES string of the molecule is CN(CC(C)(C)C)C(=O)c1c(F)ccc(S(N)(=O)=O)c1F. The Hall–Kier alpha value is -1.54. The molecule has 2 N–H and O–H groups in total. The second-order valence-corrected chi connectivity index (χ2v) is 7.53. The van der Waals surface area contributed by atoms with Crippen LogP contribution >= 0.6 is 0 Å². The second-order valence-electron chi connectivity index (χ2n) is 6.00. The standard InChI is InChI=1S/C13H18F2N2O3S/c1-13(2,3)7-17(4)12(18)10-8(14)5-6-9(11(10)15)21(16,19)20/h5-6H,7H2,1-4H3,(H2,16,19,20). The average molecular weight is 320 g/mol. The summed E-state index contributed by atoms with van der Waals surface area (Å²) in [6.45, 7) is 5.79. The minimum Gasteiger partial charge on any atom is -0.341 e. The van der Waals surface area contributed by atoms with E-state index in [1.165, 1.54) is 7.05 Å². The molecule has 1 aromatic rings. The summed E-state index contributed by atoms with van der Waals surface area (Å²) in [6.07, 6.45) is 0. The molecule has 21 heavy (non-hydrogen) atoms. The van der Waals surface area contributed by atoms with E-state index < -0.39 is 38.0 Å². The predicted molar refractivity (Wildman–Crippen MR) is 74.1 cm³/mol. The summed E-state index contributed by atoms with van der Waals surface area (Å²) in [7, 11) is -2.99. The molecule has 0 aliphatic carbocycles. The summed E-state index contributed by atoms with van der Waals surface area (Å²) in [6, 6.07) is 1.40. The van der Waals surface area contributed by atoms with E-state index in [-0.39, 0.29) is 12.0 Å². The molecule has 8 heteroatoms. The number of nitrogens with two attached hydrogens (primary N) is 1. The molecule has 0 spiro atoms. The lowest BCUT2D eigenvalue weighted by Crippen LogP contribution is -2.35. The zero-order valence-corrected chi connectivity index (χ0v) is 13.1. The van der Waals surface area contributed by atoms with Crippen LogP contribution in [0.1, 0.15) is 31.1 Å². The van der Waals surface area contributed by atoms with Crippen molar-refractivity contribution in [2.75, 3.05) is 13.6 Å². The normalized spacial score (nSPS) is 12.3. The van der Waals surface area contributed by atoms with Crippen LogP contribution in [0.3, 0.4) is 0 Å². The van der Waals surface area contributed by atoms with Gasteiger partial charge in [0.25, 0.3) is 5.91 Å². The van der Waals surface area contributed by atoms with E-state index in [0.717, 1.165) is 4.90 Å². The van der Waals surface area contributed by atoms with Crippen LogP contribution in [0, 0.1) is 17.0 Å². The number of carbonyl (C=O) groups is 1. The largest absolute Gasteiger partial charge is 0.341 e. The number of benzene rings is 1. The Morgan fingerprint density at radius 2 is 1.81 bits per heavy atom. The molecule has 0 saturated heterocycles. The van der Waals surface area contributed by atoms with Crippen LogP contribution < -0.4 is 5.14 Å². The van der Waals surface area contributed by atoms with Crippen LogP contribution in [0.15, 0.2) is 17.0 Å². The van der Waals surface area contributed by atoms with Gasteiger partial charge in [-0.3, -0.25) is 4.79 Å². The van der Waals surface area contributed by atoms with Gasteiger partial charge in [-0.15, -0.1) is 0 Å². The number of carbonyl (C=O) groups excluding carboxylic acids is 1. The van der Waals surface area contributed by atoms with Crippen LogP contribution in [0.25, 0.3) is 0 Å². The Kier molecular flexibility index (Phi) is 4.74. The first-order chi connectivity index (χ1) is 9.34. The third kappa shape index (κ3) is 4.21. The summed E-state index contributed by atoms with van der Waals surface area (Å²) in [5.41, 5.74) is -1.21. The summed E-state index contributed by atoms with van der Waals surface area (Å²) < 4.78 is 50.3. The highest BCUT2D eigenvalue weighted by molar-refractivity contribution is 7.89. The fourth-order valence-electron chi connectivity index (χ4n) is 1.92. The minimum atomic E-state index is -4.38. The molecule has 118 valence electrons. The quantitative estimate of drug-likeness (QED) is 0.921. The van der Waals surface area contributed by atoms with Gasteiger partial charge in [-0.25, -0.2) is 22.3 Å². The number of rotatable bonds is 3. The molecule has 0 radical (unpaired) electrons. The lowest BCUT2D eigenvalue weighted by Gasteiger charge is -2.27. The number of sulfonamides is 1. The van der Waals surface area contributed by atoms with Crippen molar-refractivity contribution in [3.8, 4) is 0 Å². The average Bonchev–Trinajstić information content (AvgIpc) is 2.24. The number of hydrogen-bond acceptors (Lipinski definition) is 3. The van der Waals surface area contributed by atoms with E-state index in [1.807, 2.05) is 20.8 Å². The minimum absolute atomic E-state index is 0.240. The highest BCUT2D eigenvalue weighted by atomic mass is 32.2. The Bertz CT molecular complexity index is 667. The van der Waals surface area contributed by atoms with E-state index >= 15 is 0 Å². The molecule has 0 aliphatic heterocycles. The summed E-state index contributed by atoms with van der Waals surface area (Å²) >= 11 is 0. The fourth-order valence-corrected chi connectivity index (χ4v) is 2.53. The van der Waals surface area contributed by atoms with E-state index in [0.29, 0.717) is 12.1 Å². The van der Waals surface area contributed by atoms with Crippen molar-refractivity contribution >= 4 is 15.9 Å². The maximum Gasteiger partial charge on any atom is 0.259 e. The molecule has 0 unspecified atom stereocenters. The number of primary sulfonamides is 1. The summed E-state index contributed by atoms with van der Waals surface area (Å²) in [5, 5.41) is 4.84. The number of halogens is 2. The van der Waals surface area contributed by atoms with Gasteiger partial charge in [-0.2, -0.15) is 0 Å². The Morgan fingerprint density at radius 1 is 1.29 bits per heavy atom. The van der Waals surface area contributed by atoms with Gasteiger partial charge in [0, 0.05) is 13.6 Å². The molecule has 0 fully saturated rings. The molecule has 1 rings (SSSR count). The molecular weight excluding hydrogens is 302 g/mol. The molecule has 1 amide bonds. The third-order valence-electron chi connectivity index (χ3n) is 2.63. The number of hydrogen-bond donors (Lipinski definition) is 1. The molecule has 0 aliphatic rings. The first-order valence-corrected chi connectivity index (χ1v) is 7.65. The highest BCUT2D eigenvalue weighted by Gasteiger charge is 2.28. The van der Waals surface area contributed by atoms with Crippen molar-refractivity contribution in [1.29, 1.82) is 0 Å². The van der Waals surface area contributed by atoms with Gasteiger partial charge in [0.1, 0.15) is 16.3 Å². The molecule has 0 atom stereocenters. The van der Waals surface area contributed by atoms with Crippen LogP contribution in [0.2, 0.25) is 0 Å². The second kappa shape index (κ2) is 5.69. The topological polar surface area (TPSA) is 80.5 Å². The number of nitrogens with zero attached hydrogens (tertiary/aromatic N) is 1. The monoisotopic (exact) mass is 320 g/mol. The third-order valence-corrected chi connectivity index (χ3v) is 3.56. The smallest absolute Gasteiger partial charge is 0.259 e. The van der Waals surface area contributed by atoms with Crippen molar-refractivity contribution in [2.24, 2.45) is 10.6 Å². The maximum atomic E-state index is 14.1. The molecule has 0 bridgehead atoms. The van der Waals surface area contributed by atoms with Gasteiger partial charge in [-0.05, 0) is 17.5 Å². The first kappa shape index (κ1) is 17.5. The maximum absolute atomic E-state index is 14.1. The van der Waals surface area contributed by atoms with Crippen molar-refractivity contribution in [2.45, 2.75) is 25.7 Å². The van der Waals surface area contributed by atoms with E-state index in [9.17, 15) is 22.0 Å². The van der Waals surface area contributed by atoms with Crippen LogP contribution in [-0.4, -0.2) is 32.8 Å². The van der Waals surface area contributed by atoms with Crippen LogP contribution in [0.5, 0.6) is 0 Å². The summed E-state index contributed by atoms with van der Waals surface area (Å²) in [5.74, 6) is -3.54. The Morgan fingerprint density at radius 3 is 2.24 bits per heavy atom. The molecule has 0 saturated carbocycles. The molecular formula is C13H18F2N2O3S. The van der Waals surface area contributed by atoms with Gasteiger partial charge in [0.2, 0.25) is 10.0 Å². The Balaban J connectivity index is 3.34. The van der Waals surface area contributed by atoms with Crippen LogP contribution in [-0.2, 0) is 10.0 Å². The van der Waals surface area contributed by atoms with Gasteiger partial charge >= 0.3 is 0 Å². The van der Waals surface area contributed by atoms with Gasteiger partial charge in [-0.1, -0.05) is 20.8 Å². The van der Waals surface area contributed by atoms with Crippen molar-refractivity contribution in [3.63, 3.8) is 0 Å². The zero-order valence-electron chi connectivity index (χ0n) is 12.3. The Labute approximate surface area is 122 Å². The number of amides is 1. The predicted octanol–water partition coefficient (Wildman–Crippen LogP) is 1.73. The van der Waals surface area contributed by atoms with E-state index in [4.69, 9.17) is 5.14 Å². The van der Waals surface area contributed by atoms with Crippen molar-refractivity contribution < 1.29 is 22.0 Å². The molecule has 0 aromatic heterocycles. The molecule has 5 nitrogen and oxygen atoms in total.